The van der Waals surface area contributed by atoms with Gasteiger partial charge in [0, 0.05) is 46.4 Å². The zero-order valence-corrected chi connectivity index (χ0v) is 16.2. The fraction of sp³-hybridized carbons (Fsp3) is 0.632. The Hall–Kier alpha value is -1.99. The van der Waals surface area contributed by atoms with Gasteiger partial charge < -0.3 is 29.7 Å². The van der Waals surface area contributed by atoms with E-state index in [-0.39, 0.29) is 0 Å². The third kappa shape index (κ3) is 6.38. The molecule has 1 heterocycles. The van der Waals surface area contributed by atoms with Crippen LogP contribution in [0, 0.1) is 0 Å². The van der Waals surface area contributed by atoms with Gasteiger partial charge in [-0.25, -0.2) is 0 Å². The lowest BCUT2D eigenvalue weighted by Gasteiger charge is -2.22. The second-order valence-electron chi connectivity index (χ2n) is 6.21. The largest absolute Gasteiger partial charge is 0.495 e. The highest BCUT2D eigenvalue weighted by molar-refractivity contribution is 5.80. The molecule has 0 radical (unpaired) electrons. The van der Waals surface area contributed by atoms with E-state index in [1.165, 1.54) is 0 Å². The van der Waals surface area contributed by atoms with Crippen molar-refractivity contribution in [1.29, 1.82) is 0 Å². The van der Waals surface area contributed by atoms with Crippen LogP contribution in [0.2, 0.25) is 0 Å². The van der Waals surface area contributed by atoms with Crippen LogP contribution in [0.25, 0.3) is 0 Å². The molecule has 0 saturated carbocycles. The lowest BCUT2D eigenvalue weighted by atomic mass is 10.2. The van der Waals surface area contributed by atoms with Crippen LogP contribution in [0.1, 0.15) is 12.8 Å². The molecule has 1 saturated heterocycles. The van der Waals surface area contributed by atoms with E-state index in [1.54, 1.807) is 21.3 Å². The number of ether oxygens (including phenoxy) is 3. The summed E-state index contributed by atoms with van der Waals surface area (Å²) in [6.07, 6.45) is 2.00. The van der Waals surface area contributed by atoms with Gasteiger partial charge in [-0.3, -0.25) is 4.99 Å². The third-order valence-electron chi connectivity index (χ3n) is 4.37. The highest BCUT2D eigenvalue weighted by Gasteiger charge is 2.25. The van der Waals surface area contributed by atoms with Gasteiger partial charge in [0.05, 0.1) is 26.0 Å². The Morgan fingerprint density at radius 2 is 2.08 bits per heavy atom. The number of para-hydroxylation sites is 2. The number of benzene rings is 1. The zero-order valence-electron chi connectivity index (χ0n) is 16.2. The van der Waals surface area contributed by atoms with Crippen LogP contribution in [-0.4, -0.2) is 72.7 Å². The molecule has 2 rings (SSSR count). The summed E-state index contributed by atoms with van der Waals surface area (Å²) in [6.45, 7) is 4.77. The summed E-state index contributed by atoms with van der Waals surface area (Å²) in [7, 11) is 5.20. The summed E-state index contributed by atoms with van der Waals surface area (Å²) in [5.41, 5.74) is 1.15. The summed E-state index contributed by atoms with van der Waals surface area (Å²) in [4.78, 5) is 6.68. The van der Waals surface area contributed by atoms with Crippen molar-refractivity contribution in [3.05, 3.63) is 24.3 Å². The van der Waals surface area contributed by atoms with Crippen molar-refractivity contribution in [1.82, 2.24) is 10.6 Å². The molecule has 7 heteroatoms. The fourth-order valence-corrected chi connectivity index (χ4v) is 3.00. The van der Waals surface area contributed by atoms with E-state index in [4.69, 9.17) is 14.2 Å². The van der Waals surface area contributed by atoms with Gasteiger partial charge >= 0.3 is 0 Å². The first kappa shape index (κ1) is 20.3. The van der Waals surface area contributed by atoms with E-state index in [0.29, 0.717) is 19.3 Å². The van der Waals surface area contributed by atoms with Gasteiger partial charge in [0.25, 0.3) is 0 Å². The first-order valence-electron chi connectivity index (χ1n) is 9.20. The molecule has 0 amide bonds. The molecule has 146 valence electrons. The maximum absolute atomic E-state index is 5.48. The summed E-state index contributed by atoms with van der Waals surface area (Å²) >= 11 is 0. The van der Waals surface area contributed by atoms with Gasteiger partial charge in [-0.1, -0.05) is 12.1 Å². The van der Waals surface area contributed by atoms with Crippen LogP contribution in [0.5, 0.6) is 5.75 Å². The average molecular weight is 364 g/mol. The van der Waals surface area contributed by atoms with E-state index in [2.05, 4.69) is 26.6 Å². The van der Waals surface area contributed by atoms with Crippen molar-refractivity contribution in [2.24, 2.45) is 4.99 Å². The normalized spacial score (nSPS) is 17.4. The topological polar surface area (TPSA) is 67.4 Å². The van der Waals surface area contributed by atoms with Gasteiger partial charge in [-0.05, 0) is 25.0 Å². The number of anilines is 1. The quantitative estimate of drug-likeness (QED) is 0.373. The molecule has 1 aromatic carbocycles. The van der Waals surface area contributed by atoms with Crippen LogP contribution in [0.4, 0.5) is 5.69 Å². The number of hydrogen-bond donors (Lipinski definition) is 2. The van der Waals surface area contributed by atoms with E-state index in [9.17, 15) is 0 Å². The number of rotatable bonds is 10. The Balaban J connectivity index is 1.71. The molecule has 1 atom stereocenters. The standard InChI is InChI=1S/C19H32N4O3/c1-20-19(21-10-6-12-26-14-13-24-2)22-16-9-11-23(15-16)17-7-4-5-8-18(17)25-3/h4-5,7-8,16H,6,9-15H2,1-3H3,(H2,20,21,22). The second-order valence-corrected chi connectivity index (χ2v) is 6.21. The summed E-state index contributed by atoms with van der Waals surface area (Å²) in [6, 6.07) is 8.53. The van der Waals surface area contributed by atoms with Crippen molar-refractivity contribution in [3.8, 4) is 5.75 Å². The molecular weight excluding hydrogens is 332 g/mol. The molecule has 7 nitrogen and oxygen atoms in total. The summed E-state index contributed by atoms with van der Waals surface area (Å²) in [5.74, 6) is 1.76. The van der Waals surface area contributed by atoms with Crippen molar-refractivity contribution in [2.75, 3.05) is 65.6 Å². The maximum Gasteiger partial charge on any atom is 0.191 e. The maximum atomic E-state index is 5.48. The smallest absolute Gasteiger partial charge is 0.191 e. The van der Waals surface area contributed by atoms with E-state index in [1.807, 2.05) is 18.2 Å². The lowest BCUT2D eigenvalue weighted by Crippen LogP contribution is -2.45. The predicted octanol–water partition coefficient (Wildman–Crippen LogP) is 1.49. The number of guanidine groups is 1. The minimum absolute atomic E-state index is 0.365. The van der Waals surface area contributed by atoms with E-state index >= 15 is 0 Å². The van der Waals surface area contributed by atoms with Crippen LogP contribution in [0.3, 0.4) is 0 Å². The number of methoxy groups -OCH3 is 2. The Kier molecular flexibility index (Phi) is 9.06. The average Bonchev–Trinajstić information content (AvgIpc) is 3.14. The van der Waals surface area contributed by atoms with E-state index in [0.717, 1.165) is 56.5 Å². The Labute approximate surface area is 156 Å². The molecule has 2 N–H and O–H groups in total. The number of nitrogens with one attached hydrogen (secondary N) is 2. The lowest BCUT2D eigenvalue weighted by molar-refractivity contribution is 0.0698. The van der Waals surface area contributed by atoms with Gasteiger partial charge in [0.2, 0.25) is 0 Å². The second kappa shape index (κ2) is 11.6. The van der Waals surface area contributed by atoms with E-state index < -0.39 is 0 Å². The minimum Gasteiger partial charge on any atom is -0.495 e. The van der Waals surface area contributed by atoms with Crippen LogP contribution < -0.4 is 20.3 Å². The minimum atomic E-state index is 0.365. The molecule has 0 spiro atoms. The zero-order chi connectivity index (χ0) is 18.6. The van der Waals surface area contributed by atoms with Gasteiger partial charge in [-0.2, -0.15) is 0 Å². The monoisotopic (exact) mass is 364 g/mol. The highest BCUT2D eigenvalue weighted by atomic mass is 16.5. The van der Waals surface area contributed by atoms with Crippen molar-refractivity contribution in [2.45, 2.75) is 18.9 Å². The molecule has 0 bridgehead atoms. The molecule has 1 fully saturated rings. The molecule has 0 aromatic heterocycles. The number of nitrogens with zero attached hydrogens (tertiary/aromatic N) is 2. The number of aliphatic imine (C=N–C) groups is 1. The Morgan fingerprint density at radius 1 is 1.23 bits per heavy atom. The first-order chi connectivity index (χ1) is 12.8. The Morgan fingerprint density at radius 3 is 2.85 bits per heavy atom. The fourth-order valence-electron chi connectivity index (χ4n) is 3.00. The van der Waals surface area contributed by atoms with Gasteiger partial charge in [0.15, 0.2) is 5.96 Å². The Bertz CT molecular complexity index is 553. The SMILES string of the molecule is CN=C(NCCCOCCOC)NC1CCN(c2ccccc2OC)C1. The van der Waals surface area contributed by atoms with Crippen LogP contribution >= 0.6 is 0 Å². The van der Waals surface area contributed by atoms with Crippen molar-refractivity contribution in [3.63, 3.8) is 0 Å². The van der Waals surface area contributed by atoms with Crippen LogP contribution in [-0.2, 0) is 9.47 Å². The molecule has 1 unspecified atom stereocenters. The molecular formula is C19H32N4O3. The summed E-state index contributed by atoms with van der Waals surface area (Å²) < 4.78 is 15.9. The molecule has 1 aromatic rings. The highest BCUT2D eigenvalue weighted by Crippen LogP contribution is 2.30. The molecule has 0 aliphatic carbocycles. The predicted molar refractivity (Wildman–Crippen MR) is 105 cm³/mol. The molecule has 1 aliphatic rings. The number of hydrogen-bond acceptors (Lipinski definition) is 5. The van der Waals surface area contributed by atoms with Crippen molar-refractivity contribution < 1.29 is 14.2 Å². The molecule has 26 heavy (non-hydrogen) atoms. The van der Waals surface area contributed by atoms with Crippen molar-refractivity contribution >= 4 is 11.6 Å². The summed E-state index contributed by atoms with van der Waals surface area (Å²) in [5, 5.41) is 6.86. The third-order valence-corrected chi connectivity index (χ3v) is 4.37. The molecule has 1 aliphatic heterocycles. The van der Waals surface area contributed by atoms with Crippen LogP contribution in [0.15, 0.2) is 29.3 Å². The van der Waals surface area contributed by atoms with Gasteiger partial charge in [-0.15, -0.1) is 0 Å². The van der Waals surface area contributed by atoms with Gasteiger partial charge in [0.1, 0.15) is 5.75 Å². The first-order valence-corrected chi connectivity index (χ1v) is 9.20.